The van der Waals surface area contributed by atoms with Crippen LogP contribution in [0, 0.1) is 5.92 Å². The second kappa shape index (κ2) is 8.81. The number of sulfonamides is 1. The lowest BCUT2D eigenvalue weighted by molar-refractivity contribution is 0.0950. The maximum Gasteiger partial charge on any atom is 0.261 e. The SMILES string of the molecule is CC(=O)c1cccc(NS(=O)(=O)c2cccc(C(=O)NCCC(C)C)c2)c1. The van der Waals surface area contributed by atoms with Crippen molar-refractivity contribution >= 4 is 27.4 Å². The molecule has 0 saturated carbocycles. The molecule has 0 aromatic heterocycles. The van der Waals surface area contributed by atoms with Crippen LogP contribution in [-0.4, -0.2) is 26.7 Å². The first kappa shape index (κ1) is 20.6. The Kier molecular flexibility index (Phi) is 6.74. The molecule has 0 radical (unpaired) electrons. The topological polar surface area (TPSA) is 92.3 Å². The second-order valence-electron chi connectivity index (χ2n) is 6.71. The van der Waals surface area contributed by atoms with Crippen LogP contribution >= 0.6 is 0 Å². The van der Waals surface area contributed by atoms with Crippen molar-refractivity contribution < 1.29 is 18.0 Å². The van der Waals surface area contributed by atoms with Crippen molar-refractivity contribution in [3.63, 3.8) is 0 Å². The smallest absolute Gasteiger partial charge is 0.261 e. The van der Waals surface area contributed by atoms with E-state index >= 15 is 0 Å². The molecule has 0 aliphatic heterocycles. The van der Waals surface area contributed by atoms with Gasteiger partial charge in [0.2, 0.25) is 0 Å². The number of carbonyl (C=O) groups excluding carboxylic acids is 2. The van der Waals surface area contributed by atoms with E-state index in [2.05, 4.69) is 23.9 Å². The molecule has 0 heterocycles. The number of carbonyl (C=O) groups is 2. The van der Waals surface area contributed by atoms with E-state index in [1.807, 2.05) is 0 Å². The van der Waals surface area contributed by atoms with Gasteiger partial charge in [-0.25, -0.2) is 8.42 Å². The van der Waals surface area contributed by atoms with E-state index in [4.69, 9.17) is 0 Å². The molecule has 2 aromatic rings. The van der Waals surface area contributed by atoms with Crippen molar-refractivity contribution in [3.8, 4) is 0 Å². The summed E-state index contributed by atoms with van der Waals surface area (Å²) in [5, 5.41) is 2.79. The van der Waals surface area contributed by atoms with Crippen molar-refractivity contribution in [2.24, 2.45) is 5.92 Å². The standard InChI is InChI=1S/C20H24N2O4S/c1-14(2)10-11-21-20(24)17-7-5-9-19(13-17)27(25,26)22-18-8-4-6-16(12-18)15(3)23/h4-9,12-14,22H,10-11H2,1-3H3,(H,21,24). The Morgan fingerprint density at radius 2 is 1.67 bits per heavy atom. The monoisotopic (exact) mass is 388 g/mol. The molecule has 0 aliphatic carbocycles. The maximum absolute atomic E-state index is 12.6. The van der Waals surface area contributed by atoms with E-state index in [0.717, 1.165) is 6.42 Å². The molecule has 1 amide bonds. The van der Waals surface area contributed by atoms with Crippen molar-refractivity contribution in [1.82, 2.24) is 5.32 Å². The maximum atomic E-state index is 12.6. The van der Waals surface area contributed by atoms with Gasteiger partial charge in [-0.2, -0.15) is 0 Å². The predicted octanol–water partition coefficient (Wildman–Crippen LogP) is 3.47. The van der Waals surface area contributed by atoms with Crippen LogP contribution in [0.1, 0.15) is 47.9 Å². The molecule has 0 saturated heterocycles. The molecule has 0 bridgehead atoms. The zero-order valence-electron chi connectivity index (χ0n) is 15.7. The summed E-state index contributed by atoms with van der Waals surface area (Å²) >= 11 is 0. The summed E-state index contributed by atoms with van der Waals surface area (Å²) in [6.45, 7) is 6.07. The fourth-order valence-corrected chi connectivity index (χ4v) is 3.49. The fraction of sp³-hybridized carbons (Fsp3) is 0.300. The average molecular weight is 388 g/mol. The molecule has 2 N–H and O–H groups in total. The molecule has 0 unspecified atom stereocenters. The molecule has 144 valence electrons. The zero-order valence-corrected chi connectivity index (χ0v) is 16.5. The van der Waals surface area contributed by atoms with Crippen LogP contribution < -0.4 is 10.0 Å². The summed E-state index contributed by atoms with van der Waals surface area (Å²) in [5.41, 5.74) is 0.974. The number of anilines is 1. The number of hydrogen-bond acceptors (Lipinski definition) is 4. The third kappa shape index (κ3) is 5.92. The first-order valence-corrected chi connectivity index (χ1v) is 10.2. The van der Waals surface area contributed by atoms with Gasteiger partial charge in [0.05, 0.1) is 4.90 Å². The van der Waals surface area contributed by atoms with Gasteiger partial charge in [0, 0.05) is 23.4 Å². The number of nitrogens with one attached hydrogen (secondary N) is 2. The molecule has 0 atom stereocenters. The lowest BCUT2D eigenvalue weighted by Crippen LogP contribution is -2.25. The van der Waals surface area contributed by atoms with Crippen LogP contribution in [-0.2, 0) is 10.0 Å². The summed E-state index contributed by atoms with van der Waals surface area (Å²) in [6.07, 6.45) is 0.845. The van der Waals surface area contributed by atoms with Gasteiger partial charge in [0.15, 0.2) is 5.78 Å². The van der Waals surface area contributed by atoms with E-state index in [9.17, 15) is 18.0 Å². The Bertz CT molecular complexity index is 937. The summed E-state index contributed by atoms with van der Waals surface area (Å²) in [6, 6.07) is 12.1. The first-order chi connectivity index (χ1) is 12.7. The van der Waals surface area contributed by atoms with Gasteiger partial charge >= 0.3 is 0 Å². The lowest BCUT2D eigenvalue weighted by Gasteiger charge is -2.11. The van der Waals surface area contributed by atoms with Crippen LogP contribution in [0.3, 0.4) is 0 Å². The Morgan fingerprint density at radius 3 is 2.33 bits per heavy atom. The highest BCUT2D eigenvalue weighted by Crippen LogP contribution is 2.18. The lowest BCUT2D eigenvalue weighted by atomic mass is 10.1. The van der Waals surface area contributed by atoms with Gasteiger partial charge in [-0.1, -0.05) is 32.0 Å². The van der Waals surface area contributed by atoms with Crippen molar-refractivity contribution in [2.45, 2.75) is 32.1 Å². The van der Waals surface area contributed by atoms with E-state index in [1.165, 1.54) is 31.2 Å². The molecule has 0 aliphatic rings. The second-order valence-corrected chi connectivity index (χ2v) is 8.39. The molecular weight excluding hydrogens is 364 g/mol. The minimum Gasteiger partial charge on any atom is -0.352 e. The van der Waals surface area contributed by atoms with E-state index in [-0.39, 0.29) is 27.8 Å². The van der Waals surface area contributed by atoms with Crippen molar-refractivity contribution in [3.05, 3.63) is 59.7 Å². The third-order valence-corrected chi connectivity index (χ3v) is 5.31. The van der Waals surface area contributed by atoms with Crippen LogP contribution in [0.2, 0.25) is 0 Å². The van der Waals surface area contributed by atoms with Gasteiger partial charge in [-0.3, -0.25) is 14.3 Å². The largest absolute Gasteiger partial charge is 0.352 e. The number of ketones is 1. The molecule has 6 nitrogen and oxygen atoms in total. The number of Topliss-reactive ketones (excluding diaryl/α,β-unsaturated/α-hetero) is 1. The van der Waals surface area contributed by atoms with Crippen LogP contribution in [0.25, 0.3) is 0 Å². The highest BCUT2D eigenvalue weighted by molar-refractivity contribution is 7.92. The highest BCUT2D eigenvalue weighted by atomic mass is 32.2. The fourth-order valence-electron chi connectivity index (χ4n) is 2.40. The minimum atomic E-state index is -3.89. The summed E-state index contributed by atoms with van der Waals surface area (Å²) in [7, 11) is -3.89. The van der Waals surface area contributed by atoms with Crippen LogP contribution in [0.4, 0.5) is 5.69 Å². The Morgan fingerprint density at radius 1 is 1.00 bits per heavy atom. The Labute approximate surface area is 160 Å². The number of amides is 1. The molecule has 0 fully saturated rings. The Balaban J connectivity index is 2.18. The summed E-state index contributed by atoms with van der Waals surface area (Å²) in [5.74, 6) is -0.00521. The van der Waals surface area contributed by atoms with E-state index < -0.39 is 10.0 Å². The van der Waals surface area contributed by atoms with Gasteiger partial charge in [0.1, 0.15) is 0 Å². The first-order valence-electron chi connectivity index (χ1n) is 8.71. The van der Waals surface area contributed by atoms with Gasteiger partial charge in [-0.05, 0) is 49.6 Å². The number of rotatable bonds is 8. The van der Waals surface area contributed by atoms with Gasteiger partial charge in [-0.15, -0.1) is 0 Å². The van der Waals surface area contributed by atoms with Crippen molar-refractivity contribution in [2.75, 3.05) is 11.3 Å². The van der Waals surface area contributed by atoms with E-state index in [1.54, 1.807) is 24.3 Å². The van der Waals surface area contributed by atoms with Crippen molar-refractivity contribution in [1.29, 1.82) is 0 Å². The third-order valence-electron chi connectivity index (χ3n) is 3.94. The predicted molar refractivity (Wildman–Crippen MR) is 105 cm³/mol. The Hall–Kier alpha value is -2.67. The van der Waals surface area contributed by atoms with Crippen LogP contribution in [0.5, 0.6) is 0 Å². The van der Waals surface area contributed by atoms with Crippen LogP contribution in [0.15, 0.2) is 53.4 Å². The van der Waals surface area contributed by atoms with Gasteiger partial charge < -0.3 is 5.32 Å². The quantitative estimate of drug-likeness (QED) is 0.677. The molecule has 7 heteroatoms. The van der Waals surface area contributed by atoms with Gasteiger partial charge in [0.25, 0.3) is 15.9 Å². The molecule has 2 aromatic carbocycles. The normalized spacial score (nSPS) is 11.3. The molecular formula is C20H24N2O4S. The molecule has 27 heavy (non-hydrogen) atoms. The van der Waals surface area contributed by atoms with E-state index in [0.29, 0.717) is 18.0 Å². The summed E-state index contributed by atoms with van der Waals surface area (Å²) in [4.78, 5) is 23.7. The molecule has 0 spiro atoms. The minimum absolute atomic E-state index is 0.0211. The summed E-state index contributed by atoms with van der Waals surface area (Å²) < 4.78 is 27.7. The number of hydrogen-bond donors (Lipinski definition) is 2. The molecule has 2 rings (SSSR count). The average Bonchev–Trinajstić information content (AvgIpc) is 2.61. The number of benzene rings is 2. The highest BCUT2D eigenvalue weighted by Gasteiger charge is 2.17. The zero-order chi connectivity index (χ0) is 20.0.